The summed E-state index contributed by atoms with van der Waals surface area (Å²) in [6, 6.07) is 17.4. The van der Waals surface area contributed by atoms with E-state index in [-0.39, 0.29) is 6.04 Å². The largest absolute Gasteiger partial charge is 0.324 e. The van der Waals surface area contributed by atoms with E-state index in [0.717, 1.165) is 12.8 Å². The van der Waals surface area contributed by atoms with Crippen LogP contribution in [0.1, 0.15) is 29.2 Å². The average molecular weight is 281 g/mol. The molecular formula is C18H19NS. The molecule has 0 aliphatic heterocycles. The first kappa shape index (κ1) is 13.3. The molecule has 0 saturated carbocycles. The zero-order chi connectivity index (χ0) is 13.9. The van der Waals surface area contributed by atoms with Crippen LogP contribution >= 0.6 is 11.3 Å². The molecule has 0 bridgehead atoms. The third-order valence-corrected chi connectivity index (χ3v) is 4.75. The van der Waals surface area contributed by atoms with Crippen molar-refractivity contribution in [3.05, 3.63) is 70.6 Å². The van der Waals surface area contributed by atoms with Gasteiger partial charge in [0.2, 0.25) is 0 Å². The Labute approximate surface area is 124 Å². The van der Waals surface area contributed by atoms with Gasteiger partial charge in [0.1, 0.15) is 0 Å². The normalized spacial score (nSPS) is 12.7. The molecule has 1 unspecified atom stereocenters. The van der Waals surface area contributed by atoms with Crippen molar-refractivity contribution in [2.24, 2.45) is 5.73 Å². The minimum atomic E-state index is 0.110. The maximum absolute atomic E-state index is 6.40. The summed E-state index contributed by atoms with van der Waals surface area (Å²) in [5.41, 5.74) is 10.4. The summed E-state index contributed by atoms with van der Waals surface area (Å²) in [4.78, 5) is 0. The maximum atomic E-state index is 6.40. The Morgan fingerprint density at radius 3 is 2.65 bits per heavy atom. The van der Waals surface area contributed by atoms with Crippen LogP contribution in [-0.2, 0) is 6.42 Å². The summed E-state index contributed by atoms with van der Waals surface area (Å²) in [5, 5.41) is 3.44. The number of hydrogen-bond acceptors (Lipinski definition) is 2. The SMILES string of the molecule is Cc1ccc(CCC(N)c2cccc3ccsc23)cc1. The number of benzene rings is 2. The molecule has 0 saturated heterocycles. The highest BCUT2D eigenvalue weighted by Gasteiger charge is 2.10. The first-order valence-corrected chi connectivity index (χ1v) is 7.89. The van der Waals surface area contributed by atoms with Crippen LogP contribution < -0.4 is 5.73 Å². The van der Waals surface area contributed by atoms with Crippen LogP contribution in [0.4, 0.5) is 0 Å². The van der Waals surface area contributed by atoms with Gasteiger partial charge in [0.05, 0.1) is 0 Å². The lowest BCUT2D eigenvalue weighted by Crippen LogP contribution is -2.11. The second-order valence-corrected chi connectivity index (χ2v) is 6.23. The van der Waals surface area contributed by atoms with Crippen molar-refractivity contribution in [1.29, 1.82) is 0 Å². The molecule has 20 heavy (non-hydrogen) atoms. The number of fused-ring (bicyclic) bond motifs is 1. The molecule has 0 amide bonds. The molecule has 3 aromatic rings. The quantitative estimate of drug-likeness (QED) is 0.727. The van der Waals surface area contributed by atoms with Crippen molar-refractivity contribution in [2.45, 2.75) is 25.8 Å². The van der Waals surface area contributed by atoms with Crippen molar-refractivity contribution in [3.63, 3.8) is 0 Å². The van der Waals surface area contributed by atoms with E-state index in [4.69, 9.17) is 5.73 Å². The number of rotatable bonds is 4. The fourth-order valence-electron chi connectivity index (χ4n) is 2.54. The molecule has 0 aliphatic carbocycles. The minimum absolute atomic E-state index is 0.110. The summed E-state index contributed by atoms with van der Waals surface area (Å²) in [6.07, 6.45) is 2.02. The van der Waals surface area contributed by atoms with Gasteiger partial charge in [-0.25, -0.2) is 0 Å². The fraction of sp³-hybridized carbons (Fsp3) is 0.222. The molecule has 1 nitrogen and oxygen atoms in total. The lowest BCUT2D eigenvalue weighted by atomic mass is 9.98. The van der Waals surface area contributed by atoms with Gasteiger partial charge in [-0.15, -0.1) is 11.3 Å². The molecule has 0 spiro atoms. The van der Waals surface area contributed by atoms with E-state index in [9.17, 15) is 0 Å². The van der Waals surface area contributed by atoms with Gasteiger partial charge in [-0.1, -0.05) is 48.0 Å². The number of aryl methyl sites for hydroxylation is 2. The van der Waals surface area contributed by atoms with Gasteiger partial charge in [0.25, 0.3) is 0 Å². The lowest BCUT2D eigenvalue weighted by molar-refractivity contribution is 0.656. The van der Waals surface area contributed by atoms with Crippen molar-refractivity contribution in [1.82, 2.24) is 0 Å². The summed E-state index contributed by atoms with van der Waals surface area (Å²) in [5.74, 6) is 0. The molecule has 0 aliphatic rings. The van der Waals surface area contributed by atoms with E-state index in [1.807, 2.05) is 0 Å². The highest BCUT2D eigenvalue weighted by molar-refractivity contribution is 7.17. The molecule has 3 rings (SSSR count). The van der Waals surface area contributed by atoms with Gasteiger partial charge in [-0.3, -0.25) is 0 Å². The molecule has 0 radical (unpaired) electrons. The minimum Gasteiger partial charge on any atom is -0.324 e. The Bertz CT molecular complexity index is 697. The summed E-state index contributed by atoms with van der Waals surface area (Å²) < 4.78 is 1.34. The third kappa shape index (κ3) is 2.77. The number of hydrogen-bond donors (Lipinski definition) is 1. The predicted octanol–water partition coefficient (Wildman–Crippen LogP) is 4.84. The Kier molecular flexibility index (Phi) is 3.86. The van der Waals surface area contributed by atoms with E-state index in [2.05, 4.69) is 60.8 Å². The van der Waals surface area contributed by atoms with Crippen molar-refractivity contribution in [2.75, 3.05) is 0 Å². The number of thiophene rings is 1. The predicted molar refractivity (Wildman–Crippen MR) is 88.3 cm³/mol. The Hall–Kier alpha value is -1.64. The van der Waals surface area contributed by atoms with Gasteiger partial charge >= 0.3 is 0 Å². The first-order chi connectivity index (χ1) is 9.74. The van der Waals surface area contributed by atoms with E-state index in [0.29, 0.717) is 0 Å². The van der Waals surface area contributed by atoms with Crippen molar-refractivity contribution >= 4 is 21.4 Å². The molecule has 2 aromatic carbocycles. The van der Waals surface area contributed by atoms with Gasteiger partial charge in [-0.05, 0) is 47.7 Å². The molecule has 1 heterocycles. The van der Waals surface area contributed by atoms with E-state index < -0.39 is 0 Å². The Balaban J connectivity index is 1.74. The maximum Gasteiger partial charge on any atom is 0.0390 e. The second-order valence-electron chi connectivity index (χ2n) is 5.32. The third-order valence-electron chi connectivity index (χ3n) is 3.77. The highest BCUT2D eigenvalue weighted by Crippen LogP contribution is 2.29. The topological polar surface area (TPSA) is 26.0 Å². The van der Waals surface area contributed by atoms with Crippen LogP contribution in [0.25, 0.3) is 10.1 Å². The standard InChI is InChI=1S/C18H19NS/c1-13-5-7-14(8-6-13)9-10-17(19)16-4-2-3-15-11-12-20-18(15)16/h2-8,11-12,17H,9-10,19H2,1H3. The zero-order valence-electron chi connectivity index (χ0n) is 11.7. The smallest absolute Gasteiger partial charge is 0.0390 e. The van der Waals surface area contributed by atoms with Crippen LogP contribution in [0.3, 0.4) is 0 Å². The van der Waals surface area contributed by atoms with Crippen LogP contribution in [0.2, 0.25) is 0 Å². The molecule has 102 valence electrons. The van der Waals surface area contributed by atoms with Crippen LogP contribution in [0.15, 0.2) is 53.9 Å². The summed E-state index contributed by atoms with van der Waals surface area (Å²) >= 11 is 1.79. The van der Waals surface area contributed by atoms with Gasteiger partial charge < -0.3 is 5.73 Å². The van der Waals surface area contributed by atoms with Gasteiger partial charge in [-0.2, -0.15) is 0 Å². The molecule has 0 fully saturated rings. The van der Waals surface area contributed by atoms with Crippen LogP contribution in [-0.4, -0.2) is 0 Å². The van der Waals surface area contributed by atoms with E-state index >= 15 is 0 Å². The van der Waals surface area contributed by atoms with Gasteiger partial charge in [0, 0.05) is 10.7 Å². The zero-order valence-corrected chi connectivity index (χ0v) is 12.5. The second kappa shape index (κ2) is 5.78. The summed E-state index contributed by atoms with van der Waals surface area (Å²) in [7, 11) is 0. The van der Waals surface area contributed by atoms with Gasteiger partial charge in [0.15, 0.2) is 0 Å². The Morgan fingerprint density at radius 2 is 1.85 bits per heavy atom. The van der Waals surface area contributed by atoms with Crippen LogP contribution in [0, 0.1) is 6.92 Å². The molecular weight excluding hydrogens is 262 g/mol. The molecule has 1 atom stereocenters. The Morgan fingerprint density at radius 1 is 1.05 bits per heavy atom. The summed E-state index contributed by atoms with van der Waals surface area (Å²) in [6.45, 7) is 2.12. The first-order valence-electron chi connectivity index (χ1n) is 7.01. The monoisotopic (exact) mass is 281 g/mol. The van der Waals surface area contributed by atoms with E-state index in [1.54, 1.807) is 11.3 Å². The van der Waals surface area contributed by atoms with E-state index in [1.165, 1.54) is 26.8 Å². The average Bonchev–Trinajstić information content (AvgIpc) is 2.94. The van der Waals surface area contributed by atoms with Crippen molar-refractivity contribution in [3.8, 4) is 0 Å². The highest BCUT2D eigenvalue weighted by atomic mass is 32.1. The number of nitrogens with two attached hydrogens (primary N) is 1. The molecule has 2 heteroatoms. The lowest BCUT2D eigenvalue weighted by Gasteiger charge is -2.13. The molecule has 2 N–H and O–H groups in total. The van der Waals surface area contributed by atoms with Crippen LogP contribution in [0.5, 0.6) is 0 Å². The fourth-order valence-corrected chi connectivity index (χ4v) is 3.52. The molecule has 1 aromatic heterocycles. The van der Waals surface area contributed by atoms with Crippen molar-refractivity contribution < 1.29 is 0 Å².